The standard InChI is InChI=1S/C11H15NO3/c1-7(11(12)14)6-15-10-5-3-4-9(13)8(10)2/h3-5,7,13H,6H2,1-2H3,(H2,12,14). The van der Waals surface area contributed by atoms with Gasteiger partial charge in [0.1, 0.15) is 11.5 Å². The number of aromatic hydroxyl groups is 1. The quantitative estimate of drug-likeness (QED) is 0.782. The van der Waals surface area contributed by atoms with E-state index in [0.717, 1.165) is 0 Å². The lowest BCUT2D eigenvalue weighted by Gasteiger charge is -2.12. The first-order valence-corrected chi connectivity index (χ1v) is 4.73. The van der Waals surface area contributed by atoms with E-state index in [0.29, 0.717) is 11.3 Å². The molecule has 4 heteroatoms. The third-order valence-electron chi connectivity index (χ3n) is 2.23. The number of benzene rings is 1. The van der Waals surface area contributed by atoms with Crippen LogP contribution in [0.4, 0.5) is 0 Å². The first kappa shape index (κ1) is 11.4. The van der Waals surface area contributed by atoms with Crippen molar-refractivity contribution < 1.29 is 14.6 Å². The maximum Gasteiger partial charge on any atom is 0.223 e. The molecular weight excluding hydrogens is 194 g/mol. The van der Waals surface area contributed by atoms with Crippen molar-refractivity contribution in [2.75, 3.05) is 6.61 Å². The Kier molecular flexibility index (Phi) is 3.55. The van der Waals surface area contributed by atoms with E-state index in [1.54, 1.807) is 32.0 Å². The average molecular weight is 209 g/mol. The molecule has 0 aromatic heterocycles. The van der Waals surface area contributed by atoms with Gasteiger partial charge in [-0.05, 0) is 19.1 Å². The van der Waals surface area contributed by atoms with Crippen molar-refractivity contribution >= 4 is 5.91 Å². The Labute approximate surface area is 88.7 Å². The molecule has 0 saturated carbocycles. The summed E-state index contributed by atoms with van der Waals surface area (Å²) in [5.74, 6) is 0.0156. The van der Waals surface area contributed by atoms with Crippen molar-refractivity contribution in [2.45, 2.75) is 13.8 Å². The number of amides is 1. The van der Waals surface area contributed by atoms with Crippen LogP contribution in [0.15, 0.2) is 18.2 Å². The van der Waals surface area contributed by atoms with E-state index in [-0.39, 0.29) is 18.3 Å². The van der Waals surface area contributed by atoms with E-state index in [1.165, 1.54) is 0 Å². The Hall–Kier alpha value is -1.71. The highest BCUT2D eigenvalue weighted by Gasteiger charge is 2.10. The van der Waals surface area contributed by atoms with Crippen molar-refractivity contribution in [3.05, 3.63) is 23.8 Å². The van der Waals surface area contributed by atoms with Gasteiger partial charge in [0.15, 0.2) is 0 Å². The van der Waals surface area contributed by atoms with Gasteiger partial charge in [0.05, 0.1) is 12.5 Å². The first-order chi connectivity index (χ1) is 7.02. The maximum atomic E-state index is 10.8. The number of hydrogen-bond acceptors (Lipinski definition) is 3. The third kappa shape index (κ3) is 2.87. The molecule has 1 rings (SSSR count). The van der Waals surface area contributed by atoms with Gasteiger partial charge in [-0.3, -0.25) is 4.79 Å². The second kappa shape index (κ2) is 4.68. The summed E-state index contributed by atoms with van der Waals surface area (Å²) in [6.07, 6.45) is 0. The summed E-state index contributed by atoms with van der Waals surface area (Å²) in [7, 11) is 0. The lowest BCUT2D eigenvalue weighted by atomic mass is 10.2. The number of rotatable bonds is 4. The zero-order valence-electron chi connectivity index (χ0n) is 8.86. The molecule has 0 saturated heterocycles. The van der Waals surface area contributed by atoms with E-state index in [2.05, 4.69) is 0 Å². The highest BCUT2D eigenvalue weighted by Crippen LogP contribution is 2.26. The molecule has 1 aromatic carbocycles. The molecule has 3 N–H and O–H groups in total. The minimum Gasteiger partial charge on any atom is -0.508 e. The number of phenols is 1. The van der Waals surface area contributed by atoms with Crippen LogP contribution < -0.4 is 10.5 Å². The smallest absolute Gasteiger partial charge is 0.223 e. The van der Waals surface area contributed by atoms with Gasteiger partial charge < -0.3 is 15.6 Å². The molecule has 0 aliphatic heterocycles. The molecule has 0 fully saturated rings. The van der Waals surface area contributed by atoms with Crippen molar-refractivity contribution in [3.63, 3.8) is 0 Å². The molecule has 1 unspecified atom stereocenters. The van der Waals surface area contributed by atoms with Gasteiger partial charge in [0.2, 0.25) is 5.91 Å². The van der Waals surface area contributed by atoms with E-state index in [1.807, 2.05) is 0 Å². The van der Waals surface area contributed by atoms with E-state index in [9.17, 15) is 9.90 Å². The Morgan fingerprint density at radius 1 is 1.60 bits per heavy atom. The van der Waals surface area contributed by atoms with E-state index >= 15 is 0 Å². The van der Waals surface area contributed by atoms with E-state index < -0.39 is 5.91 Å². The third-order valence-corrected chi connectivity index (χ3v) is 2.23. The average Bonchev–Trinajstić information content (AvgIpc) is 2.19. The SMILES string of the molecule is Cc1c(O)cccc1OCC(C)C(N)=O. The fourth-order valence-electron chi connectivity index (χ4n) is 1.06. The predicted molar refractivity (Wildman–Crippen MR) is 56.7 cm³/mol. The van der Waals surface area contributed by atoms with Crippen molar-refractivity contribution in [2.24, 2.45) is 11.7 Å². The fourth-order valence-corrected chi connectivity index (χ4v) is 1.06. The zero-order chi connectivity index (χ0) is 11.4. The topological polar surface area (TPSA) is 72.6 Å². The summed E-state index contributed by atoms with van der Waals surface area (Å²) in [5, 5.41) is 9.40. The molecule has 0 spiro atoms. The lowest BCUT2D eigenvalue weighted by Crippen LogP contribution is -2.25. The van der Waals surface area contributed by atoms with Gasteiger partial charge in [0.25, 0.3) is 0 Å². The van der Waals surface area contributed by atoms with Crippen LogP contribution in [0.25, 0.3) is 0 Å². The largest absolute Gasteiger partial charge is 0.508 e. The van der Waals surface area contributed by atoms with Gasteiger partial charge in [-0.15, -0.1) is 0 Å². The van der Waals surface area contributed by atoms with Crippen LogP contribution in [0.3, 0.4) is 0 Å². The lowest BCUT2D eigenvalue weighted by molar-refractivity contribution is -0.122. The predicted octanol–water partition coefficient (Wildman–Crippen LogP) is 1.20. The molecule has 1 aromatic rings. The van der Waals surface area contributed by atoms with Crippen LogP contribution in [0.2, 0.25) is 0 Å². The van der Waals surface area contributed by atoms with Crippen LogP contribution in [0, 0.1) is 12.8 Å². The van der Waals surface area contributed by atoms with Crippen LogP contribution in [-0.4, -0.2) is 17.6 Å². The number of phenolic OH excluding ortho intramolecular Hbond substituents is 1. The Morgan fingerprint density at radius 3 is 2.87 bits per heavy atom. The normalized spacial score (nSPS) is 12.1. The molecule has 0 aliphatic rings. The number of hydrogen-bond donors (Lipinski definition) is 2. The minimum absolute atomic E-state index is 0.180. The monoisotopic (exact) mass is 209 g/mol. The van der Waals surface area contributed by atoms with Gasteiger partial charge in [-0.25, -0.2) is 0 Å². The van der Waals surface area contributed by atoms with Gasteiger partial charge in [0, 0.05) is 5.56 Å². The second-order valence-electron chi connectivity index (χ2n) is 3.51. The number of ether oxygens (including phenoxy) is 1. The van der Waals surface area contributed by atoms with Crippen molar-refractivity contribution in [1.29, 1.82) is 0 Å². The highest BCUT2D eigenvalue weighted by atomic mass is 16.5. The van der Waals surface area contributed by atoms with Crippen LogP contribution in [0.5, 0.6) is 11.5 Å². The number of carbonyl (C=O) groups excluding carboxylic acids is 1. The van der Waals surface area contributed by atoms with Crippen LogP contribution >= 0.6 is 0 Å². The van der Waals surface area contributed by atoms with Gasteiger partial charge in [-0.2, -0.15) is 0 Å². The molecule has 1 amide bonds. The van der Waals surface area contributed by atoms with Crippen molar-refractivity contribution in [3.8, 4) is 11.5 Å². The Bertz CT molecular complexity index is 363. The summed E-state index contributed by atoms with van der Waals surface area (Å²) in [4.78, 5) is 10.8. The van der Waals surface area contributed by atoms with E-state index in [4.69, 9.17) is 10.5 Å². The molecular formula is C11H15NO3. The molecule has 0 bridgehead atoms. The number of nitrogens with two attached hydrogens (primary N) is 1. The highest BCUT2D eigenvalue weighted by molar-refractivity contribution is 5.76. The van der Waals surface area contributed by atoms with Crippen molar-refractivity contribution in [1.82, 2.24) is 0 Å². The summed E-state index contributed by atoms with van der Waals surface area (Å²) in [6, 6.07) is 5.01. The van der Waals surface area contributed by atoms with Crippen LogP contribution in [-0.2, 0) is 4.79 Å². The van der Waals surface area contributed by atoms with Crippen LogP contribution in [0.1, 0.15) is 12.5 Å². The molecule has 0 heterocycles. The second-order valence-corrected chi connectivity index (χ2v) is 3.51. The Morgan fingerprint density at radius 2 is 2.27 bits per heavy atom. The maximum absolute atomic E-state index is 10.8. The fraction of sp³-hybridized carbons (Fsp3) is 0.364. The van der Waals surface area contributed by atoms with Gasteiger partial charge >= 0.3 is 0 Å². The molecule has 4 nitrogen and oxygen atoms in total. The van der Waals surface area contributed by atoms with Gasteiger partial charge in [-0.1, -0.05) is 13.0 Å². The molecule has 1 atom stereocenters. The molecule has 0 radical (unpaired) electrons. The summed E-state index contributed by atoms with van der Waals surface area (Å²) < 4.78 is 5.38. The molecule has 82 valence electrons. The zero-order valence-corrected chi connectivity index (χ0v) is 8.86. The number of carbonyl (C=O) groups is 1. The summed E-state index contributed by atoms with van der Waals surface area (Å²) >= 11 is 0. The Balaban J connectivity index is 2.66. The number of primary amides is 1. The summed E-state index contributed by atoms with van der Waals surface area (Å²) in [5.41, 5.74) is 5.76. The minimum atomic E-state index is -0.396. The first-order valence-electron chi connectivity index (χ1n) is 4.73. The summed E-state index contributed by atoms with van der Waals surface area (Å²) in [6.45, 7) is 3.67. The molecule has 15 heavy (non-hydrogen) atoms. The molecule has 0 aliphatic carbocycles.